The van der Waals surface area contributed by atoms with Crippen LogP contribution in [-0.4, -0.2) is 60.4 Å². The molecule has 0 aliphatic rings. The standard InChI is InChI=1S/C20H34N4O6/c1-6-15(20(29)30-7-2)23-18(27)16(9-8-14(26)11-21)24-19(28)17(10-12(3)4)22-13(5)25/h11-12,15-17,21H,6-10H2,1-5H3,(H,22,25)(H,23,27)(H,24,28)/t15-,16-,17-/m0/s1. The molecule has 0 fully saturated rings. The summed E-state index contributed by atoms with van der Waals surface area (Å²) in [6, 6.07) is -2.85. The zero-order chi connectivity index (χ0) is 23.3. The van der Waals surface area contributed by atoms with Crippen LogP contribution in [0.1, 0.15) is 60.3 Å². The van der Waals surface area contributed by atoms with Crippen molar-refractivity contribution >= 4 is 35.7 Å². The van der Waals surface area contributed by atoms with Gasteiger partial charge in [-0.25, -0.2) is 4.79 Å². The Balaban J connectivity index is 5.42. The molecule has 0 aliphatic heterocycles. The maximum Gasteiger partial charge on any atom is 0.328 e. The Bertz CT molecular complexity index is 635. The van der Waals surface area contributed by atoms with Gasteiger partial charge in [-0.05, 0) is 32.1 Å². The van der Waals surface area contributed by atoms with Crippen molar-refractivity contribution in [1.82, 2.24) is 16.0 Å². The van der Waals surface area contributed by atoms with E-state index in [1.54, 1.807) is 13.8 Å². The van der Waals surface area contributed by atoms with E-state index in [4.69, 9.17) is 10.1 Å². The van der Waals surface area contributed by atoms with E-state index >= 15 is 0 Å². The van der Waals surface area contributed by atoms with Gasteiger partial charge in [0.1, 0.15) is 18.1 Å². The molecule has 0 spiro atoms. The number of carbonyl (C=O) groups is 5. The first kappa shape index (κ1) is 27.2. The number of ketones is 1. The minimum absolute atomic E-state index is 0.0560. The fourth-order valence-electron chi connectivity index (χ4n) is 2.69. The van der Waals surface area contributed by atoms with Gasteiger partial charge in [0.15, 0.2) is 5.78 Å². The van der Waals surface area contributed by atoms with E-state index in [-0.39, 0.29) is 37.7 Å². The molecule has 0 heterocycles. The number of ether oxygens (including phenoxy) is 1. The summed E-state index contributed by atoms with van der Waals surface area (Å²) in [6.45, 7) is 8.57. The number of carbonyl (C=O) groups excluding carboxylic acids is 5. The average Bonchev–Trinajstić information content (AvgIpc) is 2.67. The lowest BCUT2D eigenvalue weighted by atomic mass is 10.0. The van der Waals surface area contributed by atoms with Gasteiger partial charge >= 0.3 is 5.97 Å². The predicted octanol–water partition coefficient (Wildman–Crippen LogP) is 0.479. The normalized spacial score (nSPS) is 13.5. The van der Waals surface area contributed by atoms with E-state index in [0.717, 1.165) is 0 Å². The van der Waals surface area contributed by atoms with Gasteiger partial charge in [0, 0.05) is 13.3 Å². The lowest BCUT2D eigenvalue weighted by Crippen LogP contribution is -2.56. The van der Waals surface area contributed by atoms with E-state index in [0.29, 0.717) is 12.6 Å². The van der Waals surface area contributed by atoms with Crippen molar-refractivity contribution in [3.8, 4) is 0 Å². The number of hydrogen-bond donors (Lipinski definition) is 4. The molecule has 10 nitrogen and oxygen atoms in total. The summed E-state index contributed by atoms with van der Waals surface area (Å²) in [5.74, 6) is -2.58. The van der Waals surface area contributed by atoms with Gasteiger partial charge in [-0.3, -0.25) is 19.2 Å². The molecule has 0 unspecified atom stereocenters. The van der Waals surface area contributed by atoms with Crippen LogP contribution in [0.2, 0.25) is 0 Å². The van der Waals surface area contributed by atoms with Crippen molar-refractivity contribution in [2.75, 3.05) is 6.61 Å². The summed E-state index contributed by atoms with van der Waals surface area (Å²) in [5, 5.41) is 14.7. The predicted molar refractivity (Wildman–Crippen MR) is 111 cm³/mol. The average molecular weight is 427 g/mol. The first-order valence-corrected chi connectivity index (χ1v) is 10.1. The van der Waals surface area contributed by atoms with Crippen LogP contribution >= 0.6 is 0 Å². The van der Waals surface area contributed by atoms with Crippen LogP contribution in [-0.2, 0) is 28.7 Å². The first-order valence-electron chi connectivity index (χ1n) is 10.1. The molecule has 0 bridgehead atoms. The number of esters is 1. The highest BCUT2D eigenvalue weighted by molar-refractivity contribution is 6.26. The van der Waals surface area contributed by atoms with Crippen molar-refractivity contribution in [2.45, 2.75) is 78.4 Å². The van der Waals surface area contributed by atoms with Gasteiger partial charge in [-0.15, -0.1) is 0 Å². The highest BCUT2D eigenvalue weighted by atomic mass is 16.5. The Kier molecular flexibility index (Phi) is 12.9. The fraction of sp³-hybridized carbons (Fsp3) is 0.700. The van der Waals surface area contributed by atoms with Crippen LogP contribution in [0, 0.1) is 11.3 Å². The van der Waals surface area contributed by atoms with Gasteiger partial charge in [-0.1, -0.05) is 20.8 Å². The molecule has 3 atom stereocenters. The van der Waals surface area contributed by atoms with Crippen LogP contribution in [0.4, 0.5) is 0 Å². The Morgan fingerprint density at radius 3 is 1.97 bits per heavy atom. The highest BCUT2D eigenvalue weighted by Gasteiger charge is 2.29. The molecule has 0 aromatic heterocycles. The van der Waals surface area contributed by atoms with Crippen LogP contribution in [0.15, 0.2) is 0 Å². The van der Waals surface area contributed by atoms with E-state index in [1.165, 1.54) is 6.92 Å². The Labute approximate surface area is 177 Å². The second-order valence-electron chi connectivity index (χ2n) is 7.31. The molecule has 0 saturated carbocycles. The van der Waals surface area contributed by atoms with Gasteiger partial charge in [0.05, 0.1) is 12.8 Å². The minimum Gasteiger partial charge on any atom is -0.464 e. The van der Waals surface area contributed by atoms with Crippen molar-refractivity contribution < 1.29 is 28.7 Å². The molecular formula is C20H34N4O6. The maximum absolute atomic E-state index is 12.7. The van der Waals surface area contributed by atoms with Crippen LogP contribution in [0.3, 0.4) is 0 Å². The number of hydrogen-bond acceptors (Lipinski definition) is 7. The van der Waals surface area contributed by atoms with Crippen molar-refractivity contribution in [3.63, 3.8) is 0 Å². The summed E-state index contributed by atoms with van der Waals surface area (Å²) in [7, 11) is 0. The summed E-state index contributed by atoms with van der Waals surface area (Å²) < 4.78 is 4.93. The van der Waals surface area contributed by atoms with Crippen LogP contribution < -0.4 is 16.0 Å². The number of nitrogens with one attached hydrogen (secondary N) is 4. The molecule has 0 aromatic rings. The maximum atomic E-state index is 12.7. The largest absolute Gasteiger partial charge is 0.464 e. The van der Waals surface area contributed by atoms with Crippen molar-refractivity contribution in [1.29, 1.82) is 5.41 Å². The topological polar surface area (TPSA) is 155 Å². The second kappa shape index (κ2) is 14.2. The third kappa shape index (κ3) is 10.7. The zero-order valence-corrected chi connectivity index (χ0v) is 18.4. The summed E-state index contributed by atoms with van der Waals surface area (Å²) in [5.41, 5.74) is 0. The van der Waals surface area contributed by atoms with E-state index in [9.17, 15) is 24.0 Å². The number of amides is 3. The molecule has 10 heteroatoms. The van der Waals surface area contributed by atoms with Gasteiger partial charge in [0.25, 0.3) is 0 Å². The summed E-state index contributed by atoms with van der Waals surface area (Å²) >= 11 is 0. The van der Waals surface area contributed by atoms with E-state index in [2.05, 4.69) is 16.0 Å². The van der Waals surface area contributed by atoms with Crippen LogP contribution in [0.5, 0.6) is 0 Å². The Morgan fingerprint density at radius 1 is 0.933 bits per heavy atom. The number of Topliss-reactive ketones (excluding diaryl/α,β-unsaturated/α-hetero) is 1. The molecule has 0 saturated heterocycles. The molecule has 3 amide bonds. The molecule has 30 heavy (non-hydrogen) atoms. The molecule has 0 aromatic carbocycles. The van der Waals surface area contributed by atoms with Gasteiger partial charge in [-0.2, -0.15) is 0 Å². The molecule has 0 radical (unpaired) electrons. The number of rotatable bonds is 14. The van der Waals surface area contributed by atoms with Gasteiger partial charge < -0.3 is 26.1 Å². The first-order chi connectivity index (χ1) is 14.0. The SMILES string of the molecule is CCOC(=O)[C@H](CC)NC(=O)[C@H](CCC(=O)C=N)NC(=O)[C@H](CC(C)C)NC(C)=O. The van der Waals surface area contributed by atoms with Crippen molar-refractivity contribution in [2.24, 2.45) is 5.92 Å². The summed E-state index contributed by atoms with van der Waals surface area (Å²) in [6.07, 6.45) is 1.10. The molecular weight excluding hydrogens is 392 g/mol. The fourth-order valence-corrected chi connectivity index (χ4v) is 2.69. The lowest BCUT2D eigenvalue weighted by molar-refractivity contribution is -0.147. The molecule has 0 aliphatic carbocycles. The second-order valence-corrected chi connectivity index (χ2v) is 7.31. The van der Waals surface area contributed by atoms with E-state index in [1.807, 2.05) is 13.8 Å². The van der Waals surface area contributed by atoms with Crippen molar-refractivity contribution in [3.05, 3.63) is 0 Å². The van der Waals surface area contributed by atoms with Crippen LogP contribution in [0.25, 0.3) is 0 Å². The zero-order valence-electron chi connectivity index (χ0n) is 18.4. The summed E-state index contributed by atoms with van der Waals surface area (Å²) in [4.78, 5) is 60.4. The molecule has 4 N–H and O–H groups in total. The molecule has 170 valence electrons. The minimum atomic E-state index is -1.12. The molecule has 0 rings (SSSR count). The van der Waals surface area contributed by atoms with Gasteiger partial charge in [0.2, 0.25) is 17.7 Å². The monoisotopic (exact) mass is 426 g/mol. The Morgan fingerprint density at radius 2 is 1.50 bits per heavy atom. The smallest absolute Gasteiger partial charge is 0.328 e. The lowest BCUT2D eigenvalue weighted by Gasteiger charge is -2.25. The third-order valence-electron chi connectivity index (χ3n) is 4.17. The Hall–Kier alpha value is -2.78. The highest BCUT2D eigenvalue weighted by Crippen LogP contribution is 2.08. The van der Waals surface area contributed by atoms with E-state index < -0.39 is 41.7 Å². The third-order valence-corrected chi connectivity index (χ3v) is 4.17. The quantitative estimate of drug-likeness (QED) is 0.234.